The number of hydrogen-bond acceptors (Lipinski definition) is 2. The van der Waals surface area contributed by atoms with Gasteiger partial charge in [0.15, 0.2) is 0 Å². The third kappa shape index (κ3) is 5.03. The summed E-state index contributed by atoms with van der Waals surface area (Å²) in [7, 11) is 0. The first-order chi connectivity index (χ1) is 8.11. The van der Waals surface area contributed by atoms with Gasteiger partial charge in [-0.2, -0.15) is 0 Å². The van der Waals surface area contributed by atoms with Crippen molar-refractivity contribution in [2.24, 2.45) is 5.92 Å². The number of carbonyl (C=O) groups excluding carboxylic acids is 1. The van der Waals surface area contributed by atoms with Gasteiger partial charge in [0.2, 0.25) is 0 Å². The minimum atomic E-state index is -0.171. The Morgan fingerprint density at radius 1 is 1.18 bits per heavy atom. The molecule has 1 aromatic rings. The van der Waals surface area contributed by atoms with Crippen LogP contribution in [0.4, 0.5) is 0 Å². The lowest BCUT2D eigenvalue weighted by Gasteiger charge is -2.12. The summed E-state index contributed by atoms with van der Waals surface area (Å²) < 4.78 is 5.27. The van der Waals surface area contributed by atoms with Gasteiger partial charge in [0.05, 0.1) is 12.5 Å². The smallest absolute Gasteiger partial charge is 0.313 e. The van der Waals surface area contributed by atoms with Crippen LogP contribution in [0, 0.1) is 5.92 Å². The van der Waals surface area contributed by atoms with Crippen molar-refractivity contribution in [1.82, 2.24) is 0 Å². The van der Waals surface area contributed by atoms with E-state index in [4.69, 9.17) is 4.74 Å². The zero-order chi connectivity index (χ0) is 12.7. The second kappa shape index (κ2) is 7.10. The van der Waals surface area contributed by atoms with Crippen LogP contribution in [0.5, 0.6) is 0 Å². The second-order valence-electron chi connectivity index (χ2n) is 4.84. The van der Waals surface area contributed by atoms with E-state index in [1.807, 2.05) is 37.3 Å². The highest BCUT2D eigenvalue weighted by Crippen LogP contribution is 2.16. The molecule has 94 valence electrons. The molecule has 1 atom stereocenters. The molecule has 2 heteroatoms. The fourth-order valence-electron chi connectivity index (χ4n) is 1.67. The standard InChI is InChI=1S/C15H22O2/c1-12(2)8-7-11-17-15(16)13(3)14-9-5-4-6-10-14/h4-6,9-10,12-13H,7-8,11H2,1-3H3. The van der Waals surface area contributed by atoms with Crippen molar-refractivity contribution in [3.8, 4) is 0 Å². The van der Waals surface area contributed by atoms with Crippen LogP contribution < -0.4 is 0 Å². The maximum atomic E-state index is 11.8. The van der Waals surface area contributed by atoms with E-state index in [1.165, 1.54) is 0 Å². The molecule has 0 heterocycles. The summed E-state index contributed by atoms with van der Waals surface area (Å²) in [6.07, 6.45) is 2.05. The normalized spacial score (nSPS) is 12.5. The third-order valence-corrected chi connectivity index (χ3v) is 2.82. The number of rotatable bonds is 6. The van der Waals surface area contributed by atoms with E-state index in [0.29, 0.717) is 12.5 Å². The van der Waals surface area contributed by atoms with E-state index in [2.05, 4.69) is 13.8 Å². The van der Waals surface area contributed by atoms with E-state index < -0.39 is 0 Å². The molecule has 0 saturated heterocycles. The fraction of sp³-hybridized carbons (Fsp3) is 0.533. The highest BCUT2D eigenvalue weighted by atomic mass is 16.5. The number of benzene rings is 1. The lowest BCUT2D eigenvalue weighted by Crippen LogP contribution is -2.14. The molecular weight excluding hydrogens is 212 g/mol. The Labute approximate surface area is 104 Å². The van der Waals surface area contributed by atoms with E-state index >= 15 is 0 Å². The Hall–Kier alpha value is -1.31. The molecule has 0 spiro atoms. The van der Waals surface area contributed by atoms with Crippen molar-refractivity contribution in [2.75, 3.05) is 6.61 Å². The zero-order valence-corrected chi connectivity index (χ0v) is 11.0. The summed E-state index contributed by atoms with van der Waals surface area (Å²) in [6.45, 7) is 6.77. The highest BCUT2D eigenvalue weighted by Gasteiger charge is 2.15. The van der Waals surface area contributed by atoms with Gasteiger partial charge >= 0.3 is 5.97 Å². The fourth-order valence-corrected chi connectivity index (χ4v) is 1.67. The maximum Gasteiger partial charge on any atom is 0.313 e. The summed E-state index contributed by atoms with van der Waals surface area (Å²) in [5.74, 6) is 0.371. The van der Waals surface area contributed by atoms with Crippen molar-refractivity contribution >= 4 is 5.97 Å². The SMILES string of the molecule is CC(C)CCCOC(=O)C(C)c1ccccc1. The molecule has 1 aromatic carbocycles. The predicted molar refractivity (Wildman–Crippen MR) is 69.9 cm³/mol. The molecule has 0 saturated carbocycles. The van der Waals surface area contributed by atoms with Crippen molar-refractivity contribution < 1.29 is 9.53 Å². The molecule has 0 aliphatic rings. The zero-order valence-electron chi connectivity index (χ0n) is 11.0. The maximum absolute atomic E-state index is 11.8. The van der Waals surface area contributed by atoms with Crippen LogP contribution >= 0.6 is 0 Å². The topological polar surface area (TPSA) is 26.3 Å². The lowest BCUT2D eigenvalue weighted by molar-refractivity contribution is -0.145. The first-order valence-electron chi connectivity index (χ1n) is 6.33. The van der Waals surface area contributed by atoms with Gasteiger partial charge < -0.3 is 4.74 Å². The molecule has 0 fully saturated rings. The van der Waals surface area contributed by atoms with Crippen LogP contribution in [0.2, 0.25) is 0 Å². The third-order valence-electron chi connectivity index (χ3n) is 2.82. The van der Waals surface area contributed by atoms with Gasteiger partial charge in [-0.1, -0.05) is 44.2 Å². The highest BCUT2D eigenvalue weighted by molar-refractivity contribution is 5.77. The molecular formula is C15H22O2. The number of esters is 1. The van der Waals surface area contributed by atoms with E-state index in [0.717, 1.165) is 18.4 Å². The van der Waals surface area contributed by atoms with E-state index in [1.54, 1.807) is 0 Å². The first-order valence-corrected chi connectivity index (χ1v) is 6.33. The molecule has 0 bridgehead atoms. The van der Waals surface area contributed by atoms with Crippen molar-refractivity contribution in [3.63, 3.8) is 0 Å². The van der Waals surface area contributed by atoms with Crippen LogP contribution in [0.25, 0.3) is 0 Å². The Morgan fingerprint density at radius 3 is 2.41 bits per heavy atom. The van der Waals surface area contributed by atoms with E-state index in [9.17, 15) is 4.79 Å². The van der Waals surface area contributed by atoms with Crippen molar-refractivity contribution in [1.29, 1.82) is 0 Å². The minimum absolute atomic E-state index is 0.125. The quantitative estimate of drug-likeness (QED) is 0.553. The van der Waals surface area contributed by atoms with Crippen LogP contribution in [-0.4, -0.2) is 12.6 Å². The largest absolute Gasteiger partial charge is 0.465 e. The van der Waals surface area contributed by atoms with Crippen LogP contribution in [0.3, 0.4) is 0 Å². The molecule has 0 aliphatic heterocycles. The molecule has 0 radical (unpaired) electrons. The van der Waals surface area contributed by atoms with Gasteiger partial charge in [0.25, 0.3) is 0 Å². The van der Waals surface area contributed by atoms with Gasteiger partial charge in [-0.05, 0) is 31.2 Å². The summed E-state index contributed by atoms with van der Waals surface area (Å²) in [4.78, 5) is 11.8. The van der Waals surface area contributed by atoms with Gasteiger partial charge in [-0.25, -0.2) is 0 Å². The molecule has 0 N–H and O–H groups in total. The van der Waals surface area contributed by atoms with Crippen LogP contribution in [0.15, 0.2) is 30.3 Å². The molecule has 0 aliphatic carbocycles. The lowest BCUT2D eigenvalue weighted by atomic mass is 10.0. The van der Waals surface area contributed by atoms with Gasteiger partial charge in [-0.15, -0.1) is 0 Å². The van der Waals surface area contributed by atoms with Gasteiger partial charge in [-0.3, -0.25) is 4.79 Å². The average Bonchev–Trinajstić information content (AvgIpc) is 2.34. The Morgan fingerprint density at radius 2 is 1.82 bits per heavy atom. The second-order valence-corrected chi connectivity index (χ2v) is 4.84. The minimum Gasteiger partial charge on any atom is -0.465 e. The molecule has 2 nitrogen and oxygen atoms in total. The Balaban J connectivity index is 2.33. The van der Waals surface area contributed by atoms with Crippen LogP contribution in [-0.2, 0) is 9.53 Å². The number of carbonyl (C=O) groups is 1. The summed E-state index contributed by atoms with van der Waals surface area (Å²) in [5, 5.41) is 0. The molecule has 0 amide bonds. The monoisotopic (exact) mass is 234 g/mol. The molecule has 1 unspecified atom stereocenters. The van der Waals surface area contributed by atoms with Crippen LogP contribution in [0.1, 0.15) is 45.1 Å². The van der Waals surface area contributed by atoms with E-state index in [-0.39, 0.29) is 11.9 Å². The Bertz CT molecular complexity index is 330. The Kier molecular flexibility index (Phi) is 5.75. The number of ether oxygens (including phenoxy) is 1. The van der Waals surface area contributed by atoms with Gasteiger partial charge in [0, 0.05) is 0 Å². The first kappa shape index (κ1) is 13.8. The average molecular weight is 234 g/mol. The summed E-state index contributed by atoms with van der Waals surface area (Å²) in [6, 6.07) is 9.75. The molecule has 1 rings (SSSR count). The van der Waals surface area contributed by atoms with Gasteiger partial charge in [0.1, 0.15) is 0 Å². The van der Waals surface area contributed by atoms with Crippen molar-refractivity contribution in [3.05, 3.63) is 35.9 Å². The molecule has 17 heavy (non-hydrogen) atoms. The summed E-state index contributed by atoms with van der Waals surface area (Å²) in [5.41, 5.74) is 1.02. The summed E-state index contributed by atoms with van der Waals surface area (Å²) >= 11 is 0. The molecule has 0 aromatic heterocycles. The number of hydrogen-bond donors (Lipinski definition) is 0. The van der Waals surface area contributed by atoms with Crippen molar-refractivity contribution in [2.45, 2.75) is 39.5 Å². The predicted octanol–water partition coefficient (Wildman–Crippen LogP) is 3.77.